The predicted molar refractivity (Wildman–Crippen MR) is 65.2 cm³/mol. The molecule has 1 amide bonds. The van der Waals surface area contributed by atoms with Crippen LogP contribution in [0.15, 0.2) is 24.5 Å². The van der Waals surface area contributed by atoms with Crippen LogP contribution in [0.25, 0.3) is 0 Å². The van der Waals surface area contributed by atoms with Gasteiger partial charge in [0.1, 0.15) is 0 Å². The number of nitrogens with zero attached hydrogens (tertiary/aromatic N) is 1. The summed E-state index contributed by atoms with van der Waals surface area (Å²) >= 11 is 0. The molecule has 3 nitrogen and oxygen atoms in total. The number of hydrogen-bond donors (Lipinski definition) is 1. The Balaban J connectivity index is 2.40. The molecule has 1 unspecified atom stereocenters. The third-order valence-corrected chi connectivity index (χ3v) is 2.50. The zero-order valence-corrected chi connectivity index (χ0v) is 10.2. The lowest BCUT2D eigenvalue weighted by Gasteiger charge is -2.14. The third-order valence-electron chi connectivity index (χ3n) is 2.50. The van der Waals surface area contributed by atoms with E-state index in [1.54, 1.807) is 24.5 Å². The van der Waals surface area contributed by atoms with Gasteiger partial charge in [0, 0.05) is 24.0 Å². The van der Waals surface area contributed by atoms with Gasteiger partial charge in [-0.05, 0) is 37.8 Å². The summed E-state index contributed by atoms with van der Waals surface area (Å²) < 4.78 is 0. The summed E-state index contributed by atoms with van der Waals surface area (Å²) in [6, 6.07) is 3.68. The molecule has 0 aliphatic heterocycles. The highest BCUT2D eigenvalue weighted by Gasteiger charge is 2.09. The van der Waals surface area contributed by atoms with Gasteiger partial charge >= 0.3 is 0 Å². The van der Waals surface area contributed by atoms with Gasteiger partial charge in [0.05, 0.1) is 0 Å². The smallest absolute Gasteiger partial charge is 0.251 e. The van der Waals surface area contributed by atoms with Crippen molar-refractivity contribution in [2.75, 3.05) is 0 Å². The van der Waals surface area contributed by atoms with E-state index in [4.69, 9.17) is 0 Å². The summed E-state index contributed by atoms with van der Waals surface area (Å²) in [5.74, 6) is 0.666. The van der Waals surface area contributed by atoms with Gasteiger partial charge in [-0.15, -0.1) is 0 Å². The van der Waals surface area contributed by atoms with Gasteiger partial charge in [-0.25, -0.2) is 0 Å². The van der Waals surface area contributed by atoms with Crippen LogP contribution in [0.1, 0.15) is 44.0 Å². The van der Waals surface area contributed by atoms with Crippen LogP contribution in [0.2, 0.25) is 0 Å². The van der Waals surface area contributed by atoms with Gasteiger partial charge in [-0.1, -0.05) is 13.8 Å². The SMILES string of the molecule is CC(C)CCC(C)NC(=O)c1ccncc1. The predicted octanol–water partition coefficient (Wildman–Crippen LogP) is 2.64. The van der Waals surface area contributed by atoms with E-state index >= 15 is 0 Å². The molecular formula is C13H20N2O. The normalized spacial score (nSPS) is 12.5. The highest BCUT2D eigenvalue weighted by Crippen LogP contribution is 2.07. The topological polar surface area (TPSA) is 42.0 Å². The van der Waals surface area contributed by atoms with Crippen LogP contribution >= 0.6 is 0 Å². The van der Waals surface area contributed by atoms with Gasteiger partial charge in [0.25, 0.3) is 5.91 Å². The Morgan fingerprint density at radius 2 is 1.88 bits per heavy atom. The van der Waals surface area contributed by atoms with Crippen LogP contribution in [-0.4, -0.2) is 16.9 Å². The zero-order chi connectivity index (χ0) is 12.0. The first-order chi connectivity index (χ1) is 7.59. The molecule has 0 saturated carbocycles. The lowest BCUT2D eigenvalue weighted by molar-refractivity contribution is 0.0937. The summed E-state index contributed by atoms with van der Waals surface area (Å²) in [5.41, 5.74) is 0.673. The molecule has 88 valence electrons. The van der Waals surface area contributed by atoms with E-state index in [2.05, 4.69) is 24.1 Å². The molecule has 3 heteroatoms. The Labute approximate surface area is 97.3 Å². The highest BCUT2D eigenvalue weighted by molar-refractivity contribution is 5.94. The Morgan fingerprint density at radius 3 is 2.44 bits per heavy atom. The third kappa shape index (κ3) is 4.43. The molecule has 0 aliphatic rings. The van der Waals surface area contributed by atoms with E-state index in [0.29, 0.717) is 11.5 Å². The van der Waals surface area contributed by atoms with E-state index in [9.17, 15) is 4.79 Å². The average Bonchev–Trinajstić information content (AvgIpc) is 2.27. The van der Waals surface area contributed by atoms with Crippen molar-refractivity contribution in [1.82, 2.24) is 10.3 Å². The Morgan fingerprint density at radius 1 is 1.25 bits per heavy atom. The first kappa shape index (κ1) is 12.7. The fraction of sp³-hybridized carbons (Fsp3) is 0.538. The summed E-state index contributed by atoms with van der Waals surface area (Å²) in [6.07, 6.45) is 5.42. The van der Waals surface area contributed by atoms with Crippen LogP contribution in [0, 0.1) is 5.92 Å². The maximum Gasteiger partial charge on any atom is 0.251 e. The van der Waals surface area contributed by atoms with Crippen LogP contribution in [0.3, 0.4) is 0 Å². The number of nitrogens with one attached hydrogen (secondary N) is 1. The zero-order valence-electron chi connectivity index (χ0n) is 10.2. The molecule has 1 heterocycles. The second kappa shape index (κ2) is 6.26. The molecule has 1 atom stereocenters. The monoisotopic (exact) mass is 220 g/mol. The lowest BCUT2D eigenvalue weighted by atomic mass is 10.0. The van der Waals surface area contributed by atoms with Crippen molar-refractivity contribution in [3.8, 4) is 0 Å². The fourth-order valence-electron chi connectivity index (χ4n) is 1.47. The first-order valence-electron chi connectivity index (χ1n) is 5.80. The molecule has 1 rings (SSSR count). The van der Waals surface area contributed by atoms with Crippen molar-refractivity contribution >= 4 is 5.91 Å². The molecule has 0 fully saturated rings. The van der Waals surface area contributed by atoms with Crippen molar-refractivity contribution in [2.24, 2.45) is 5.92 Å². The number of carbonyl (C=O) groups is 1. The molecule has 0 aliphatic carbocycles. The minimum absolute atomic E-state index is 0.0151. The fourth-order valence-corrected chi connectivity index (χ4v) is 1.47. The number of amides is 1. The molecule has 0 radical (unpaired) electrons. The van der Waals surface area contributed by atoms with Crippen LogP contribution in [0.5, 0.6) is 0 Å². The van der Waals surface area contributed by atoms with Crippen LogP contribution < -0.4 is 5.32 Å². The van der Waals surface area contributed by atoms with Gasteiger partial charge in [0.2, 0.25) is 0 Å². The summed E-state index contributed by atoms with van der Waals surface area (Å²) in [6.45, 7) is 6.43. The van der Waals surface area contributed by atoms with Crippen molar-refractivity contribution in [1.29, 1.82) is 0 Å². The van der Waals surface area contributed by atoms with E-state index in [1.807, 2.05) is 6.92 Å². The number of carbonyl (C=O) groups excluding carboxylic acids is 1. The van der Waals surface area contributed by atoms with Gasteiger partial charge in [-0.3, -0.25) is 9.78 Å². The average molecular weight is 220 g/mol. The van der Waals surface area contributed by atoms with Crippen LogP contribution in [-0.2, 0) is 0 Å². The van der Waals surface area contributed by atoms with E-state index in [0.717, 1.165) is 12.8 Å². The molecule has 1 aromatic rings. The Bertz CT molecular complexity index is 322. The van der Waals surface area contributed by atoms with Crippen LogP contribution in [0.4, 0.5) is 0 Å². The van der Waals surface area contributed by atoms with E-state index in [-0.39, 0.29) is 11.9 Å². The molecule has 0 saturated heterocycles. The minimum Gasteiger partial charge on any atom is -0.350 e. The minimum atomic E-state index is -0.0151. The van der Waals surface area contributed by atoms with Crippen molar-refractivity contribution < 1.29 is 4.79 Å². The summed E-state index contributed by atoms with van der Waals surface area (Å²) in [7, 11) is 0. The maximum absolute atomic E-state index is 11.8. The van der Waals surface area contributed by atoms with Gasteiger partial charge in [-0.2, -0.15) is 0 Å². The van der Waals surface area contributed by atoms with E-state index in [1.165, 1.54) is 0 Å². The molecule has 16 heavy (non-hydrogen) atoms. The molecule has 0 bridgehead atoms. The Hall–Kier alpha value is -1.38. The highest BCUT2D eigenvalue weighted by atomic mass is 16.1. The van der Waals surface area contributed by atoms with Crippen molar-refractivity contribution in [3.05, 3.63) is 30.1 Å². The van der Waals surface area contributed by atoms with Crippen molar-refractivity contribution in [3.63, 3.8) is 0 Å². The summed E-state index contributed by atoms with van der Waals surface area (Å²) in [5, 5.41) is 2.98. The maximum atomic E-state index is 11.8. The molecule has 1 N–H and O–H groups in total. The number of pyridine rings is 1. The number of hydrogen-bond acceptors (Lipinski definition) is 2. The van der Waals surface area contributed by atoms with Gasteiger partial charge in [0.15, 0.2) is 0 Å². The van der Waals surface area contributed by atoms with E-state index < -0.39 is 0 Å². The Kier molecular flexibility index (Phi) is 4.96. The molecule has 0 spiro atoms. The second-order valence-electron chi connectivity index (χ2n) is 4.58. The lowest BCUT2D eigenvalue weighted by Crippen LogP contribution is -2.32. The second-order valence-corrected chi connectivity index (χ2v) is 4.58. The standard InChI is InChI=1S/C13H20N2O/c1-10(2)4-5-11(3)15-13(16)12-6-8-14-9-7-12/h6-11H,4-5H2,1-3H3,(H,15,16). The molecular weight excluding hydrogens is 200 g/mol. The largest absolute Gasteiger partial charge is 0.350 e. The molecule has 0 aromatic carbocycles. The van der Waals surface area contributed by atoms with Crippen molar-refractivity contribution in [2.45, 2.75) is 39.7 Å². The summed E-state index contributed by atoms with van der Waals surface area (Å²) in [4.78, 5) is 15.6. The molecule has 1 aromatic heterocycles. The quantitative estimate of drug-likeness (QED) is 0.828. The first-order valence-corrected chi connectivity index (χ1v) is 5.80. The number of rotatable bonds is 5. The van der Waals surface area contributed by atoms with Gasteiger partial charge < -0.3 is 5.32 Å². The number of aromatic nitrogens is 1.